The van der Waals surface area contributed by atoms with Crippen LogP contribution in [0.4, 0.5) is 0 Å². The van der Waals surface area contributed by atoms with E-state index in [0.717, 1.165) is 18.8 Å². The first-order chi connectivity index (χ1) is 9.99. The van der Waals surface area contributed by atoms with Gasteiger partial charge >= 0.3 is 0 Å². The predicted octanol–water partition coefficient (Wildman–Crippen LogP) is 5.34. The molecule has 0 fully saturated rings. The maximum Gasteiger partial charge on any atom is 0.122 e. The number of alkyl halides is 1. The molecule has 1 nitrogen and oxygen atoms in total. The Morgan fingerprint density at radius 3 is 2.33 bits per heavy atom. The van der Waals surface area contributed by atoms with E-state index in [2.05, 4.69) is 67.9 Å². The molecule has 21 heavy (non-hydrogen) atoms. The van der Waals surface area contributed by atoms with E-state index in [0.29, 0.717) is 0 Å². The molecule has 1 aliphatic rings. The van der Waals surface area contributed by atoms with Crippen molar-refractivity contribution in [2.45, 2.75) is 38.9 Å². The zero-order chi connectivity index (χ0) is 15.1. The van der Waals surface area contributed by atoms with Crippen LogP contribution in [0.1, 0.15) is 43.8 Å². The molecular formula is C19H21BrO. The number of fused-ring (bicyclic) bond motifs is 1. The number of ether oxygens (including phenoxy) is 1. The third-order valence-corrected chi connectivity index (χ3v) is 5.67. The Bertz CT molecular complexity index is 677. The highest BCUT2D eigenvalue weighted by atomic mass is 79.9. The minimum absolute atomic E-state index is 0.238. The van der Waals surface area contributed by atoms with E-state index in [4.69, 9.17) is 4.74 Å². The Morgan fingerprint density at radius 1 is 1.00 bits per heavy atom. The molecule has 0 aliphatic carbocycles. The number of halogens is 1. The Morgan fingerprint density at radius 2 is 1.67 bits per heavy atom. The zero-order valence-electron chi connectivity index (χ0n) is 13.1. The smallest absolute Gasteiger partial charge is 0.122 e. The van der Waals surface area contributed by atoms with Crippen LogP contribution < -0.4 is 4.74 Å². The van der Waals surface area contributed by atoms with E-state index in [1.54, 1.807) is 0 Å². The van der Waals surface area contributed by atoms with Crippen LogP contribution in [0.2, 0.25) is 0 Å². The second-order valence-corrected chi connectivity index (χ2v) is 6.92. The van der Waals surface area contributed by atoms with Gasteiger partial charge in [0.2, 0.25) is 0 Å². The number of hydrogen-bond donors (Lipinski definition) is 0. The lowest BCUT2D eigenvalue weighted by Crippen LogP contribution is -2.03. The van der Waals surface area contributed by atoms with Crippen LogP contribution in [0.5, 0.6) is 5.75 Å². The van der Waals surface area contributed by atoms with Gasteiger partial charge in [0.1, 0.15) is 5.75 Å². The molecule has 0 saturated carbocycles. The van der Waals surface area contributed by atoms with Gasteiger partial charge in [-0.15, -0.1) is 0 Å². The summed E-state index contributed by atoms with van der Waals surface area (Å²) in [5, 5.41) is 0. The monoisotopic (exact) mass is 344 g/mol. The van der Waals surface area contributed by atoms with Crippen molar-refractivity contribution in [2.75, 3.05) is 6.61 Å². The van der Waals surface area contributed by atoms with E-state index in [9.17, 15) is 0 Å². The van der Waals surface area contributed by atoms with Gasteiger partial charge in [-0.05, 0) is 72.7 Å². The van der Waals surface area contributed by atoms with Gasteiger partial charge in [-0.25, -0.2) is 0 Å². The van der Waals surface area contributed by atoms with Crippen LogP contribution in [0.25, 0.3) is 0 Å². The van der Waals surface area contributed by atoms with Gasteiger partial charge in [0.15, 0.2) is 0 Å². The van der Waals surface area contributed by atoms with Crippen molar-refractivity contribution in [3.05, 3.63) is 63.2 Å². The lowest BCUT2D eigenvalue weighted by Gasteiger charge is -2.20. The lowest BCUT2D eigenvalue weighted by molar-refractivity contribution is 0.357. The number of hydrogen-bond acceptors (Lipinski definition) is 1. The maximum absolute atomic E-state index is 5.61. The first-order valence-electron chi connectivity index (χ1n) is 7.46. The van der Waals surface area contributed by atoms with Crippen molar-refractivity contribution in [3.8, 4) is 5.75 Å². The molecule has 1 aliphatic heterocycles. The molecule has 0 radical (unpaired) electrons. The molecular weight excluding hydrogens is 324 g/mol. The van der Waals surface area contributed by atoms with Crippen LogP contribution >= 0.6 is 15.9 Å². The van der Waals surface area contributed by atoms with Crippen molar-refractivity contribution in [2.24, 2.45) is 0 Å². The molecule has 0 N–H and O–H groups in total. The molecule has 2 aromatic carbocycles. The van der Waals surface area contributed by atoms with Gasteiger partial charge in [0, 0.05) is 6.42 Å². The highest BCUT2D eigenvalue weighted by Gasteiger charge is 2.20. The van der Waals surface area contributed by atoms with E-state index in [1.807, 2.05) is 0 Å². The number of benzene rings is 2. The molecule has 1 atom stereocenters. The fraction of sp³-hybridized carbons (Fsp3) is 0.368. The summed E-state index contributed by atoms with van der Waals surface area (Å²) in [6.07, 6.45) is 1.02. The predicted molar refractivity (Wildman–Crippen MR) is 91.8 cm³/mol. The molecule has 0 aromatic heterocycles. The standard InChI is InChI=1S/C19H21BrO/c1-11-9-12(2)14(4)18(13(11)3)19(20)16-5-6-17-15(10-16)7-8-21-17/h5-6,9-10,19H,7-8H2,1-4H3. The first-order valence-corrected chi connectivity index (χ1v) is 8.37. The first kappa shape index (κ1) is 14.6. The third kappa shape index (κ3) is 2.50. The van der Waals surface area contributed by atoms with Gasteiger partial charge in [-0.3, -0.25) is 0 Å². The van der Waals surface area contributed by atoms with Crippen molar-refractivity contribution < 1.29 is 4.74 Å². The highest BCUT2D eigenvalue weighted by Crippen LogP contribution is 2.39. The Balaban J connectivity index is 2.09. The lowest BCUT2D eigenvalue weighted by atomic mass is 9.89. The molecule has 110 valence electrons. The molecule has 0 spiro atoms. The summed E-state index contributed by atoms with van der Waals surface area (Å²) >= 11 is 3.93. The average molecular weight is 345 g/mol. The molecule has 2 aromatic rings. The van der Waals surface area contributed by atoms with E-state index in [1.165, 1.54) is 38.9 Å². The minimum Gasteiger partial charge on any atom is -0.493 e. The summed E-state index contributed by atoms with van der Waals surface area (Å²) in [6.45, 7) is 9.65. The summed E-state index contributed by atoms with van der Waals surface area (Å²) in [7, 11) is 0. The van der Waals surface area contributed by atoms with E-state index in [-0.39, 0.29) is 4.83 Å². The van der Waals surface area contributed by atoms with E-state index < -0.39 is 0 Å². The van der Waals surface area contributed by atoms with Crippen LogP contribution in [0, 0.1) is 27.7 Å². The largest absolute Gasteiger partial charge is 0.493 e. The molecule has 1 heterocycles. The fourth-order valence-electron chi connectivity index (χ4n) is 3.16. The molecule has 0 bridgehead atoms. The fourth-order valence-corrected chi connectivity index (χ4v) is 4.13. The van der Waals surface area contributed by atoms with Crippen molar-refractivity contribution >= 4 is 15.9 Å². The quantitative estimate of drug-likeness (QED) is 0.668. The Labute approximate surface area is 135 Å². The summed E-state index contributed by atoms with van der Waals surface area (Å²) in [4.78, 5) is 0.238. The molecule has 0 amide bonds. The second-order valence-electron chi connectivity index (χ2n) is 6.00. The van der Waals surface area contributed by atoms with Crippen LogP contribution in [-0.4, -0.2) is 6.61 Å². The van der Waals surface area contributed by atoms with Gasteiger partial charge < -0.3 is 4.74 Å². The van der Waals surface area contributed by atoms with Gasteiger partial charge in [0.05, 0.1) is 11.4 Å². The Kier molecular flexibility index (Phi) is 3.83. The van der Waals surface area contributed by atoms with Crippen molar-refractivity contribution in [1.29, 1.82) is 0 Å². The SMILES string of the molecule is Cc1cc(C)c(C)c(C(Br)c2ccc3c(c2)CCO3)c1C. The topological polar surface area (TPSA) is 9.23 Å². The molecule has 1 unspecified atom stereocenters. The van der Waals surface area contributed by atoms with Gasteiger partial charge in [-0.1, -0.05) is 34.1 Å². The van der Waals surface area contributed by atoms with Crippen molar-refractivity contribution in [1.82, 2.24) is 0 Å². The van der Waals surface area contributed by atoms with Crippen LogP contribution in [0.3, 0.4) is 0 Å². The highest BCUT2D eigenvalue weighted by molar-refractivity contribution is 9.09. The summed E-state index contributed by atoms with van der Waals surface area (Å²) in [5.74, 6) is 1.05. The Hall–Kier alpha value is -1.28. The number of rotatable bonds is 2. The van der Waals surface area contributed by atoms with Gasteiger partial charge in [-0.2, -0.15) is 0 Å². The molecule has 0 saturated heterocycles. The second kappa shape index (κ2) is 5.49. The van der Waals surface area contributed by atoms with Crippen molar-refractivity contribution in [3.63, 3.8) is 0 Å². The normalized spacial score (nSPS) is 14.7. The maximum atomic E-state index is 5.61. The molecule has 2 heteroatoms. The summed E-state index contributed by atoms with van der Waals surface area (Å²) < 4.78 is 5.61. The van der Waals surface area contributed by atoms with Crippen LogP contribution in [-0.2, 0) is 6.42 Å². The molecule has 3 rings (SSSR count). The average Bonchev–Trinajstić information content (AvgIpc) is 2.92. The van der Waals surface area contributed by atoms with Gasteiger partial charge in [0.25, 0.3) is 0 Å². The number of aryl methyl sites for hydroxylation is 2. The van der Waals surface area contributed by atoms with E-state index >= 15 is 0 Å². The minimum atomic E-state index is 0.238. The third-order valence-electron chi connectivity index (χ3n) is 4.68. The summed E-state index contributed by atoms with van der Waals surface area (Å²) in [5.41, 5.74) is 9.55. The summed E-state index contributed by atoms with van der Waals surface area (Å²) in [6, 6.07) is 8.86. The zero-order valence-corrected chi connectivity index (χ0v) is 14.7. The van der Waals surface area contributed by atoms with Crippen LogP contribution in [0.15, 0.2) is 24.3 Å².